The van der Waals surface area contributed by atoms with E-state index in [1.807, 2.05) is 13.0 Å². The van der Waals surface area contributed by atoms with E-state index in [0.717, 1.165) is 6.42 Å². The fourth-order valence-electron chi connectivity index (χ4n) is 0. The van der Waals surface area contributed by atoms with Gasteiger partial charge in [-0.1, -0.05) is 19.1 Å². The van der Waals surface area contributed by atoms with Crippen molar-refractivity contribution in [1.82, 2.24) is 0 Å². The molecule has 0 bridgehead atoms. The highest BCUT2D eigenvalue weighted by molar-refractivity contribution is 5.85. The summed E-state index contributed by atoms with van der Waals surface area (Å²) in [6.07, 6.45) is 4.71. The Kier molecular flexibility index (Phi) is 57.5. The smallest absolute Gasteiger partial charge is 0.0382 e. The number of hydrogen-bond donors (Lipinski definition) is 0. The standard InChI is InChI=1S/C4H8.C3H6.ClH/c1-3-4-2;1-3-2;/h3H,1,4H2,2H3;3H,1H2,2H3;1H. The predicted octanol–water partition coefficient (Wildman–Crippen LogP) is 3.20. The van der Waals surface area contributed by atoms with Crippen LogP contribution in [-0.2, 0) is 0 Å². The fourth-order valence-corrected chi connectivity index (χ4v) is 0. The first-order valence-electron chi connectivity index (χ1n) is 2.51. The third kappa shape index (κ3) is 221. The van der Waals surface area contributed by atoms with E-state index >= 15 is 0 Å². The summed E-state index contributed by atoms with van der Waals surface area (Å²) in [5, 5.41) is 0. The molecule has 0 radical (unpaired) electrons. The molecule has 0 aliphatic rings. The maximum Gasteiger partial charge on any atom is -0.0382 e. The van der Waals surface area contributed by atoms with Gasteiger partial charge in [0.15, 0.2) is 0 Å². The van der Waals surface area contributed by atoms with E-state index < -0.39 is 0 Å². The lowest BCUT2D eigenvalue weighted by molar-refractivity contribution is 1.23. The van der Waals surface area contributed by atoms with Gasteiger partial charge in [-0.25, -0.2) is 0 Å². The number of allylic oxidation sites excluding steroid dienone is 2. The predicted molar refractivity (Wildman–Crippen MR) is 43.6 cm³/mol. The number of rotatable bonds is 1. The molecule has 0 N–H and O–H groups in total. The molecule has 0 aromatic carbocycles. The average molecular weight is 135 g/mol. The van der Waals surface area contributed by atoms with Gasteiger partial charge in [-0.3, -0.25) is 0 Å². The first-order chi connectivity index (χ1) is 3.33. The van der Waals surface area contributed by atoms with Crippen molar-refractivity contribution < 1.29 is 0 Å². The van der Waals surface area contributed by atoms with Crippen LogP contribution in [0.2, 0.25) is 0 Å². The molecule has 0 rings (SSSR count). The molecule has 0 fully saturated rings. The van der Waals surface area contributed by atoms with Crippen molar-refractivity contribution in [2.24, 2.45) is 0 Å². The normalized spacial score (nSPS) is 4.75. The van der Waals surface area contributed by atoms with Gasteiger partial charge >= 0.3 is 0 Å². The van der Waals surface area contributed by atoms with E-state index in [1.54, 1.807) is 6.08 Å². The Balaban J connectivity index is -0.0000000575. The van der Waals surface area contributed by atoms with Crippen molar-refractivity contribution in [1.29, 1.82) is 0 Å². The van der Waals surface area contributed by atoms with Crippen LogP contribution < -0.4 is 0 Å². The van der Waals surface area contributed by atoms with E-state index in [1.165, 1.54) is 0 Å². The van der Waals surface area contributed by atoms with Crippen molar-refractivity contribution in [3.05, 3.63) is 25.3 Å². The molecule has 1 heteroatoms. The lowest BCUT2D eigenvalue weighted by Crippen LogP contribution is -1.36. The molecular weight excluding hydrogens is 120 g/mol. The van der Waals surface area contributed by atoms with E-state index in [4.69, 9.17) is 0 Å². The molecule has 0 unspecified atom stereocenters. The second-order valence-electron chi connectivity index (χ2n) is 1.11. The van der Waals surface area contributed by atoms with Gasteiger partial charge in [0.25, 0.3) is 0 Å². The van der Waals surface area contributed by atoms with Gasteiger partial charge in [-0.2, -0.15) is 0 Å². The van der Waals surface area contributed by atoms with Gasteiger partial charge in [-0.15, -0.1) is 25.6 Å². The van der Waals surface area contributed by atoms with Crippen molar-refractivity contribution in [3.63, 3.8) is 0 Å². The van der Waals surface area contributed by atoms with Crippen molar-refractivity contribution in [2.45, 2.75) is 20.3 Å². The molecule has 0 nitrogen and oxygen atoms in total. The Bertz CT molecular complexity index is 39.7. The van der Waals surface area contributed by atoms with Gasteiger partial charge in [0.1, 0.15) is 0 Å². The van der Waals surface area contributed by atoms with E-state index in [-0.39, 0.29) is 12.4 Å². The summed E-state index contributed by atoms with van der Waals surface area (Å²) >= 11 is 0. The van der Waals surface area contributed by atoms with Crippen molar-refractivity contribution >= 4 is 12.4 Å². The molecule has 8 heavy (non-hydrogen) atoms. The Hall–Kier alpha value is -0.230. The zero-order valence-corrected chi connectivity index (χ0v) is 6.50. The van der Waals surface area contributed by atoms with Gasteiger partial charge in [0.2, 0.25) is 0 Å². The number of halogens is 1. The monoisotopic (exact) mass is 134 g/mol. The summed E-state index contributed by atoms with van der Waals surface area (Å²) in [7, 11) is 0. The molecule has 50 valence electrons. The zero-order chi connectivity index (χ0) is 6.12. The van der Waals surface area contributed by atoms with Crippen LogP contribution in [0.1, 0.15) is 20.3 Å². The maximum absolute atomic E-state index is 3.48. The highest BCUT2D eigenvalue weighted by Gasteiger charge is 1.45. The van der Waals surface area contributed by atoms with Gasteiger partial charge in [-0.05, 0) is 13.3 Å². The van der Waals surface area contributed by atoms with Crippen LogP contribution in [0.25, 0.3) is 0 Å². The molecule has 0 heterocycles. The lowest BCUT2D eigenvalue weighted by Gasteiger charge is -1.57. The maximum atomic E-state index is 3.48. The van der Waals surface area contributed by atoms with Crippen LogP contribution in [-0.4, -0.2) is 0 Å². The summed E-state index contributed by atoms with van der Waals surface area (Å²) in [6, 6.07) is 0. The molecule has 0 saturated heterocycles. The Labute approximate surface area is 58.7 Å². The first-order valence-corrected chi connectivity index (χ1v) is 2.51. The van der Waals surface area contributed by atoms with Gasteiger partial charge in [0.05, 0.1) is 0 Å². The molecule has 0 amide bonds. The average Bonchev–Trinajstić information content (AvgIpc) is 1.69. The summed E-state index contributed by atoms with van der Waals surface area (Å²) in [5.41, 5.74) is 0. The minimum atomic E-state index is 0. The summed E-state index contributed by atoms with van der Waals surface area (Å²) in [5.74, 6) is 0. The van der Waals surface area contributed by atoms with Crippen molar-refractivity contribution in [3.8, 4) is 0 Å². The second kappa shape index (κ2) is 29.4. The molecule has 0 aromatic heterocycles. The van der Waals surface area contributed by atoms with Crippen LogP contribution in [0, 0.1) is 0 Å². The Morgan fingerprint density at radius 2 is 1.50 bits per heavy atom. The molecular formula is C7H15Cl. The van der Waals surface area contributed by atoms with Crippen LogP contribution in [0.3, 0.4) is 0 Å². The van der Waals surface area contributed by atoms with Crippen LogP contribution in [0.15, 0.2) is 25.3 Å². The topological polar surface area (TPSA) is 0 Å². The van der Waals surface area contributed by atoms with E-state index in [2.05, 4.69) is 20.1 Å². The zero-order valence-electron chi connectivity index (χ0n) is 5.68. The Morgan fingerprint density at radius 1 is 1.38 bits per heavy atom. The minimum Gasteiger partial charge on any atom is -0.147 e. The molecule has 0 aliphatic carbocycles. The van der Waals surface area contributed by atoms with E-state index in [9.17, 15) is 0 Å². The third-order valence-corrected chi connectivity index (χ3v) is 0.289. The highest BCUT2D eigenvalue weighted by Crippen LogP contribution is 1.66. The second-order valence-corrected chi connectivity index (χ2v) is 1.11. The SMILES string of the molecule is C=CC.C=CCC.Cl. The summed E-state index contributed by atoms with van der Waals surface area (Å²) < 4.78 is 0. The third-order valence-electron chi connectivity index (χ3n) is 0.289. The highest BCUT2D eigenvalue weighted by atomic mass is 35.5. The van der Waals surface area contributed by atoms with Gasteiger partial charge < -0.3 is 0 Å². The summed E-state index contributed by atoms with van der Waals surface area (Å²) in [6.45, 7) is 10.8. The lowest BCUT2D eigenvalue weighted by atomic mass is 10.5. The minimum absolute atomic E-state index is 0. The quantitative estimate of drug-likeness (QED) is 0.484. The van der Waals surface area contributed by atoms with Crippen LogP contribution in [0.4, 0.5) is 0 Å². The molecule has 0 spiro atoms. The van der Waals surface area contributed by atoms with Crippen LogP contribution in [0.5, 0.6) is 0 Å². The van der Waals surface area contributed by atoms with Crippen molar-refractivity contribution in [2.75, 3.05) is 0 Å². The first kappa shape index (κ1) is 15.7. The molecule has 0 aromatic rings. The van der Waals surface area contributed by atoms with Crippen LogP contribution >= 0.6 is 12.4 Å². The van der Waals surface area contributed by atoms with Gasteiger partial charge in [0, 0.05) is 0 Å². The Morgan fingerprint density at radius 3 is 1.50 bits per heavy atom. The number of hydrogen-bond acceptors (Lipinski definition) is 0. The van der Waals surface area contributed by atoms with E-state index in [0.29, 0.717) is 0 Å². The summed E-state index contributed by atoms with van der Waals surface area (Å²) in [4.78, 5) is 0. The molecule has 0 aliphatic heterocycles. The largest absolute Gasteiger partial charge is 0.147 e. The molecule has 0 atom stereocenters. The molecule has 0 saturated carbocycles. The fraction of sp³-hybridized carbons (Fsp3) is 0.429.